The minimum absolute atomic E-state index is 0.208. The standard InChI is InChI=1S/C15H14N4O/c1-10(11-6-2-5-9-14(11)20)18-19-15-16-12-7-3-4-8-13(12)17-15/h2-9,20H,1H3,(H2,16,17,19)/b18-10+. The first kappa shape index (κ1) is 12.2. The fourth-order valence-corrected chi connectivity index (χ4v) is 1.98. The van der Waals surface area contributed by atoms with E-state index in [2.05, 4.69) is 20.5 Å². The number of anilines is 1. The largest absolute Gasteiger partial charge is 0.507 e. The molecule has 20 heavy (non-hydrogen) atoms. The summed E-state index contributed by atoms with van der Waals surface area (Å²) < 4.78 is 0. The molecule has 0 bridgehead atoms. The highest BCUT2D eigenvalue weighted by molar-refractivity contribution is 6.01. The average molecular weight is 266 g/mol. The van der Waals surface area contributed by atoms with Gasteiger partial charge in [0, 0.05) is 5.56 Å². The summed E-state index contributed by atoms with van der Waals surface area (Å²) in [5.41, 5.74) is 6.07. The summed E-state index contributed by atoms with van der Waals surface area (Å²) in [6, 6.07) is 14.8. The number of phenols is 1. The van der Waals surface area contributed by atoms with Crippen LogP contribution in [0.2, 0.25) is 0 Å². The Balaban J connectivity index is 1.84. The number of nitrogens with zero attached hydrogens (tertiary/aromatic N) is 2. The van der Waals surface area contributed by atoms with Crippen LogP contribution in [-0.2, 0) is 0 Å². The molecule has 100 valence electrons. The minimum atomic E-state index is 0.208. The van der Waals surface area contributed by atoms with Crippen molar-refractivity contribution in [2.45, 2.75) is 6.92 Å². The molecule has 0 spiro atoms. The van der Waals surface area contributed by atoms with E-state index in [1.54, 1.807) is 12.1 Å². The normalized spacial score (nSPS) is 11.8. The summed E-state index contributed by atoms with van der Waals surface area (Å²) >= 11 is 0. The predicted molar refractivity (Wildman–Crippen MR) is 80.0 cm³/mol. The first-order valence-corrected chi connectivity index (χ1v) is 6.27. The molecule has 2 aromatic carbocycles. The van der Waals surface area contributed by atoms with Gasteiger partial charge in [0.1, 0.15) is 5.75 Å². The van der Waals surface area contributed by atoms with Crippen molar-refractivity contribution in [2.75, 3.05) is 5.43 Å². The van der Waals surface area contributed by atoms with Crippen LogP contribution in [0.25, 0.3) is 11.0 Å². The second-order valence-electron chi connectivity index (χ2n) is 4.43. The number of para-hydroxylation sites is 3. The van der Waals surface area contributed by atoms with Gasteiger partial charge in [-0.3, -0.25) is 0 Å². The van der Waals surface area contributed by atoms with E-state index in [1.165, 1.54) is 0 Å². The first-order chi connectivity index (χ1) is 9.74. The molecule has 3 aromatic rings. The maximum Gasteiger partial charge on any atom is 0.222 e. The summed E-state index contributed by atoms with van der Waals surface area (Å²) in [6.45, 7) is 1.82. The fourth-order valence-electron chi connectivity index (χ4n) is 1.98. The van der Waals surface area contributed by atoms with Crippen molar-refractivity contribution in [1.29, 1.82) is 0 Å². The van der Waals surface area contributed by atoms with E-state index in [4.69, 9.17) is 0 Å². The molecule has 5 nitrogen and oxygen atoms in total. The number of imidazole rings is 1. The molecule has 0 aliphatic carbocycles. The number of rotatable bonds is 3. The van der Waals surface area contributed by atoms with Gasteiger partial charge in [0.2, 0.25) is 5.95 Å². The van der Waals surface area contributed by atoms with Crippen molar-refractivity contribution in [3.8, 4) is 5.75 Å². The molecule has 0 radical (unpaired) electrons. The Morgan fingerprint density at radius 2 is 1.90 bits per heavy atom. The molecular weight excluding hydrogens is 252 g/mol. The quantitative estimate of drug-likeness (QED) is 0.503. The topological polar surface area (TPSA) is 73.3 Å². The predicted octanol–water partition coefficient (Wildman–Crippen LogP) is 3.10. The summed E-state index contributed by atoms with van der Waals surface area (Å²) in [4.78, 5) is 7.49. The zero-order chi connectivity index (χ0) is 13.9. The third-order valence-corrected chi connectivity index (χ3v) is 3.01. The van der Waals surface area contributed by atoms with E-state index in [0.717, 1.165) is 11.0 Å². The highest BCUT2D eigenvalue weighted by atomic mass is 16.3. The lowest BCUT2D eigenvalue weighted by Crippen LogP contribution is -2.00. The Kier molecular flexibility index (Phi) is 3.09. The van der Waals surface area contributed by atoms with E-state index >= 15 is 0 Å². The Labute approximate surface area is 116 Å². The number of H-pyrrole nitrogens is 1. The van der Waals surface area contributed by atoms with E-state index in [-0.39, 0.29) is 5.75 Å². The van der Waals surface area contributed by atoms with Gasteiger partial charge in [0.05, 0.1) is 16.7 Å². The van der Waals surface area contributed by atoms with E-state index in [9.17, 15) is 5.11 Å². The molecule has 0 saturated heterocycles. The molecule has 3 N–H and O–H groups in total. The zero-order valence-corrected chi connectivity index (χ0v) is 11.0. The van der Waals surface area contributed by atoms with Crippen LogP contribution in [0.3, 0.4) is 0 Å². The van der Waals surface area contributed by atoms with Crippen molar-refractivity contribution in [1.82, 2.24) is 9.97 Å². The van der Waals surface area contributed by atoms with Crippen LogP contribution < -0.4 is 5.43 Å². The van der Waals surface area contributed by atoms with Crippen LogP contribution in [0, 0.1) is 0 Å². The number of aromatic hydroxyl groups is 1. The second kappa shape index (κ2) is 5.05. The molecule has 0 amide bonds. The van der Waals surface area contributed by atoms with E-state index in [0.29, 0.717) is 17.2 Å². The number of hydrogen-bond acceptors (Lipinski definition) is 4. The van der Waals surface area contributed by atoms with Gasteiger partial charge in [0.25, 0.3) is 0 Å². The lowest BCUT2D eigenvalue weighted by Gasteiger charge is -2.03. The summed E-state index contributed by atoms with van der Waals surface area (Å²) in [5.74, 6) is 0.779. The van der Waals surface area contributed by atoms with Crippen LogP contribution >= 0.6 is 0 Å². The highest BCUT2D eigenvalue weighted by Crippen LogP contribution is 2.17. The molecule has 0 aliphatic rings. The number of aromatic nitrogens is 2. The molecule has 0 atom stereocenters. The van der Waals surface area contributed by atoms with Gasteiger partial charge >= 0.3 is 0 Å². The number of nitrogens with one attached hydrogen (secondary N) is 2. The van der Waals surface area contributed by atoms with Gasteiger partial charge in [-0.25, -0.2) is 10.4 Å². The molecule has 3 rings (SSSR count). The van der Waals surface area contributed by atoms with Crippen LogP contribution in [0.1, 0.15) is 12.5 Å². The fraction of sp³-hybridized carbons (Fsp3) is 0.0667. The molecule has 0 fully saturated rings. The maximum atomic E-state index is 9.76. The molecule has 1 aromatic heterocycles. The summed E-state index contributed by atoms with van der Waals surface area (Å²) in [7, 11) is 0. The Morgan fingerprint density at radius 1 is 1.15 bits per heavy atom. The number of phenolic OH excluding ortho intramolecular Hbond substituents is 1. The highest BCUT2D eigenvalue weighted by Gasteiger charge is 2.04. The molecule has 0 aliphatic heterocycles. The molecular formula is C15H14N4O. The molecule has 0 unspecified atom stereocenters. The second-order valence-corrected chi connectivity index (χ2v) is 4.43. The number of hydrazone groups is 1. The van der Waals surface area contributed by atoms with Gasteiger partial charge in [-0.2, -0.15) is 5.10 Å². The number of aromatic amines is 1. The third kappa shape index (κ3) is 2.33. The van der Waals surface area contributed by atoms with Crippen molar-refractivity contribution in [2.24, 2.45) is 5.10 Å². The lowest BCUT2D eigenvalue weighted by atomic mass is 10.1. The van der Waals surface area contributed by atoms with Gasteiger partial charge in [-0.05, 0) is 31.2 Å². The van der Waals surface area contributed by atoms with E-state index in [1.807, 2.05) is 43.3 Å². The summed E-state index contributed by atoms with van der Waals surface area (Å²) in [5, 5.41) is 14.0. The van der Waals surface area contributed by atoms with Gasteiger partial charge in [-0.15, -0.1) is 0 Å². The maximum absolute atomic E-state index is 9.76. The van der Waals surface area contributed by atoms with Crippen LogP contribution in [0.15, 0.2) is 53.6 Å². The Bertz CT molecular complexity index is 743. The van der Waals surface area contributed by atoms with E-state index < -0.39 is 0 Å². The molecule has 0 saturated carbocycles. The SMILES string of the molecule is C/C(=N\Nc1nc2ccccc2[nH]1)c1ccccc1O. The van der Waals surface area contributed by atoms with Gasteiger partial charge in [0.15, 0.2) is 0 Å². The number of hydrogen-bond donors (Lipinski definition) is 3. The van der Waals surface area contributed by atoms with Gasteiger partial charge in [-0.1, -0.05) is 24.3 Å². The van der Waals surface area contributed by atoms with Crippen LogP contribution in [-0.4, -0.2) is 20.8 Å². The van der Waals surface area contributed by atoms with Crippen molar-refractivity contribution >= 4 is 22.7 Å². The summed E-state index contributed by atoms with van der Waals surface area (Å²) in [6.07, 6.45) is 0. The third-order valence-electron chi connectivity index (χ3n) is 3.01. The van der Waals surface area contributed by atoms with Crippen LogP contribution in [0.4, 0.5) is 5.95 Å². The van der Waals surface area contributed by atoms with Crippen molar-refractivity contribution in [3.63, 3.8) is 0 Å². The monoisotopic (exact) mass is 266 g/mol. The number of fused-ring (bicyclic) bond motifs is 1. The first-order valence-electron chi connectivity index (χ1n) is 6.27. The zero-order valence-electron chi connectivity index (χ0n) is 11.0. The Morgan fingerprint density at radius 3 is 2.70 bits per heavy atom. The van der Waals surface area contributed by atoms with Crippen molar-refractivity contribution < 1.29 is 5.11 Å². The lowest BCUT2D eigenvalue weighted by molar-refractivity contribution is 0.474. The van der Waals surface area contributed by atoms with Gasteiger partial charge < -0.3 is 10.1 Å². The van der Waals surface area contributed by atoms with Crippen molar-refractivity contribution in [3.05, 3.63) is 54.1 Å². The average Bonchev–Trinajstić information content (AvgIpc) is 2.88. The smallest absolute Gasteiger partial charge is 0.222 e. The Hall–Kier alpha value is -2.82. The minimum Gasteiger partial charge on any atom is -0.507 e. The van der Waals surface area contributed by atoms with Crippen LogP contribution in [0.5, 0.6) is 5.75 Å². The molecule has 1 heterocycles. The molecule has 5 heteroatoms. The number of benzene rings is 2.